The van der Waals surface area contributed by atoms with Crippen molar-refractivity contribution in [1.82, 2.24) is 42.1 Å². The number of aromatic hydroxyl groups is 1. The number of phenols is 1. The van der Waals surface area contributed by atoms with Gasteiger partial charge in [0.2, 0.25) is 53.2 Å². The number of aliphatic hydroxyl groups is 1. The van der Waals surface area contributed by atoms with Crippen molar-refractivity contribution in [1.29, 1.82) is 0 Å². The number of nitrogens with two attached hydrogens (primary N) is 2. The number of primary amides is 1. The van der Waals surface area contributed by atoms with Crippen LogP contribution in [0.3, 0.4) is 0 Å². The maximum atomic E-state index is 13.9. The molecule has 1 fully saturated rings. The number of aliphatic carboxylic acids is 1. The molecule has 1 aliphatic heterocycles. The van der Waals surface area contributed by atoms with Crippen LogP contribution in [0.1, 0.15) is 86.6 Å². The highest BCUT2D eigenvalue weighted by Crippen LogP contribution is 2.21. The first-order valence-corrected chi connectivity index (χ1v) is 21.9. The van der Waals surface area contributed by atoms with E-state index in [1.54, 1.807) is 53.7 Å². The largest absolute Gasteiger partial charge is 0.508 e. The number of hydrogen-bond acceptors (Lipinski definition) is 13. The van der Waals surface area contributed by atoms with Gasteiger partial charge >= 0.3 is 5.97 Å². The number of likely N-dealkylation sites (tertiary alicyclic amines) is 1. The molecular formula is C43H68N10O13. The zero-order valence-corrected chi connectivity index (χ0v) is 38.7. The predicted molar refractivity (Wildman–Crippen MR) is 237 cm³/mol. The molecule has 14 N–H and O–H groups in total. The summed E-state index contributed by atoms with van der Waals surface area (Å²) in [6, 6.07) is -4.88. The normalized spacial score (nSPS) is 17.6. The van der Waals surface area contributed by atoms with E-state index >= 15 is 0 Å². The lowest BCUT2D eigenvalue weighted by atomic mass is 9.97. The van der Waals surface area contributed by atoms with Gasteiger partial charge in [-0.1, -0.05) is 60.1 Å². The third-order valence-corrected chi connectivity index (χ3v) is 11.2. The van der Waals surface area contributed by atoms with Crippen LogP contribution in [0.2, 0.25) is 0 Å². The number of aliphatic hydroxyl groups excluding tert-OH is 1. The molecule has 0 saturated carbocycles. The summed E-state index contributed by atoms with van der Waals surface area (Å²) in [7, 11) is 0. The monoisotopic (exact) mass is 932 g/mol. The van der Waals surface area contributed by atoms with Crippen LogP contribution < -0.4 is 48.7 Å². The van der Waals surface area contributed by atoms with Gasteiger partial charge in [-0.3, -0.25) is 43.2 Å². The summed E-state index contributed by atoms with van der Waals surface area (Å²) in [5.41, 5.74) is 11.5. The van der Waals surface area contributed by atoms with Crippen molar-refractivity contribution in [2.24, 2.45) is 29.2 Å². The number of carbonyl (C=O) groups excluding carboxylic acids is 9. The summed E-state index contributed by atoms with van der Waals surface area (Å²) in [6.45, 7) is 12.0. The molecule has 0 bridgehead atoms. The lowest BCUT2D eigenvalue weighted by Gasteiger charge is -2.31. The fraction of sp³-hybridized carbons (Fsp3) is 0.628. The zero-order chi connectivity index (χ0) is 50.2. The standard InChI is InChI=1S/C43H68N10O13/c1-9-22(6)34(43(65)66)51-39(61)32(20(2)3)49-36(58)23(7)46-37(59)27(18-30(45)56)48-41(63)35(24(8)54)52-40(62)33(21(4)5)50-38(60)29-11-10-16-53(29)42(64)28(47-31(57)19-44)17-25-12-14-26(55)15-13-25/h12-15,20-24,27-29,32-35,54-55H,9-11,16-19,44H2,1-8H3,(H2,45,56)(H,46,59)(H,47,57)(H,48,63)(H,49,58)(H,50,60)(H,51,61)(H,52,62)(H,65,66)/t22-,23-,24+,27-,28-,29-,32-,33-,34-,35-/m0/s1. The van der Waals surface area contributed by atoms with Gasteiger partial charge in [0.1, 0.15) is 54.1 Å². The summed E-state index contributed by atoms with van der Waals surface area (Å²) in [6.07, 6.45) is -1.32. The van der Waals surface area contributed by atoms with Crippen molar-refractivity contribution >= 4 is 59.1 Å². The molecule has 1 aromatic rings. The Balaban J connectivity index is 2.21. The van der Waals surface area contributed by atoms with E-state index in [2.05, 4.69) is 37.2 Å². The van der Waals surface area contributed by atoms with Gasteiger partial charge < -0.3 is 68.9 Å². The summed E-state index contributed by atoms with van der Waals surface area (Å²) < 4.78 is 0. The molecule has 1 heterocycles. The van der Waals surface area contributed by atoms with Gasteiger partial charge in [0, 0.05) is 13.0 Å². The minimum Gasteiger partial charge on any atom is -0.508 e. The number of phenolic OH excluding ortho intramolecular Hbond substituents is 1. The van der Waals surface area contributed by atoms with E-state index in [1.165, 1.54) is 24.0 Å². The molecule has 0 spiro atoms. The number of amides is 9. The van der Waals surface area contributed by atoms with Gasteiger partial charge in [0.25, 0.3) is 0 Å². The molecule has 0 unspecified atom stereocenters. The van der Waals surface area contributed by atoms with E-state index < -0.39 is 144 Å². The Bertz CT molecular complexity index is 1910. The summed E-state index contributed by atoms with van der Waals surface area (Å²) in [5.74, 6) is -10.6. The van der Waals surface area contributed by atoms with Crippen LogP contribution in [0.25, 0.3) is 0 Å². The minimum absolute atomic E-state index is 0.00396. The summed E-state index contributed by atoms with van der Waals surface area (Å²) in [4.78, 5) is 132. The number of carboxylic acid groups (broad SMARTS) is 1. The van der Waals surface area contributed by atoms with Crippen molar-refractivity contribution < 1.29 is 63.3 Å². The van der Waals surface area contributed by atoms with Gasteiger partial charge in [0.15, 0.2) is 0 Å². The fourth-order valence-corrected chi connectivity index (χ4v) is 7.05. The molecule has 23 heteroatoms. The summed E-state index contributed by atoms with van der Waals surface area (Å²) >= 11 is 0. The second-order valence-corrected chi connectivity index (χ2v) is 17.2. The van der Waals surface area contributed by atoms with Gasteiger partial charge in [-0.05, 0) is 62.1 Å². The van der Waals surface area contributed by atoms with Crippen LogP contribution in [-0.2, 0) is 54.4 Å². The number of carbonyl (C=O) groups is 10. The second-order valence-electron chi connectivity index (χ2n) is 17.2. The lowest BCUT2D eigenvalue weighted by molar-refractivity contribution is -0.144. The van der Waals surface area contributed by atoms with Crippen LogP contribution in [0, 0.1) is 17.8 Å². The van der Waals surface area contributed by atoms with Crippen molar-refractivity contribution in [2.45, 2.75) is 142 Å². The van der Waals surface area contributed by atoms with E-state index in [4.69, 9.17) is 11.5 Å². The smallest absolute Gasteiger partial charge is 0.326 e. The van der Waals surface area contributed by atoms with E-state index in [0.717, 1.165) is 6.92 Å². The quantitative estimate of drug-likeness (QED) is 0.0465. The molecule has 0 radical (unpaired) electrons. The van der Waals surface area contributed by atoms with Gasteiger partial charge in [-0.2, -0.15) is 0 Å². The van der Waals surface area contributed by atoms with E-state index in [0.29, 0.717) is 18.4 Å². The van der Waals surface area contributed by atoms with Crippen LogP contribution in [0.4, 0.5) is 0 Å². The number of hydrogen-bond donors (Lipinski definition) is 12. The molecule has 2 rings (SSSR count). The Morgan fingerprint density at radius 1 is 0.697 bits per heavy atom. The first-order valence-electron chi connectivity index (χ1n) is 21.9. The molecule has 1 saturated heterocycles. The molecule has 0 aliphatic carbocycles. The number of carboxylic acids is 1. The number of nitrogens with one attached hydrogen (secondary N) is 7. The van der Waals surface area contributed by atoms with Crippen LogP contribution >= 0.6 is 0 Å². The average molecular weight is 933 g/mol. The van der Waals surface area contributed by atoms with Crippen molar-refractivity contribution in [2.75, 3.05) is 13.1 Å². The topological polar surface area (TPSA) is 371 Å². The van der Waals surface area contributed by atoms with Gasteiger partial charge in [-0.15, -0.1) is 0 Å². The van der Waals surface area contributed by atoms with Crippen LogP contribution in [-0.4, -0.2) is 147 Å². The fourth-order valence-electron chi connectivity index (χ4n) is 7.05. The van der Waals surface area contributed by atoms with Gasteiger partial charge in [0.05, 0.1) is 19.1 Å². The van der Waals surface area contributed by atoms with Crippen molar-refractivity contribution in [3.05, 3.63) is 29.8 Å². The molecule has 23 nitrogen and oxygen atoms in total. The minimum atomic E-state index is -1.77. The number of rotatable bonds is 25. The van der Waals surface area contributed by atoms with E-state index in [-0.39, 0.29) is 25.1 Å². The summed E-state index contributed by atoms with van der Waals surface area (Å²) in [5, 5.41) is 47.1. The number of nitrogens with zero attached hydrogens (tertiary/aromatic N) is 1. The molecule has 66 heavy (non-hydrogen) atoms. The molecule has 1 aliphatic rings. The SMILES string of the molecule is CC[C@H](C)[C@H](NC(=O)[C@@H](NC(=O)[C@H](C)NC(=O)[C@H](CC(N)=O)NC(=O)[C@@H](NC(=O)[C@@H](NC(=O)[C@@H]1CCCN1C(=O)[C@H](Cc1ccc(O)cc1)NC(=O)CN)C(C)C)[C@@H](C)O)C(C)C)C(=O)O. The van der Waals surface area contributed by atoms with Crippen LogP contribution in [0.5, 0.6) is 5.75 Å². The Hall–Kier alpha value is -6.36. The van der Waals surface area contributed by atoms with E-state index in [9.17, 15) is 63.3 Å². The molecule has 9 amide bonds. The molecule has 368 valence electrons. The first kappa shape index (κ1) is 55.8. The highest BCUT2D eigenvalue weighted by Gasteiger charge is 2.41. The molecule has 10 atom stereocenters. The van der Waals surface area contributed by atoms with Gasteiger partial charge in [-0.25, -0.2) is 4.79 Å². The average Bonchev–Trinajstić information content (AvgIpc) is 3.74. The predicted octanol–water partition coefficient (Wildman–Crippen LogP) is -3.00. The Morgan fingerprint density at radius 2 is 1.23 bits per heavy atom. The van der Waals surface area contributed by atoms with Crippen molar-refractivity contribution in [3.63, 3.8) is 0 Å². The van der Waals surface area contributed by atoms with Crippen molar-refractivity contribution in [3.8, 4) is 5.75 Å². The first-order chi connectivity index (χ1) is 30.8. The molecular weight excluding hydrogens is 865 g/mol. The van der Waals surface area contributed by atoms with Crippen LogP contribution in [0.15, 0.2) is 24.3 Å². The lowest BCUT2D eigenvalue weighted by Crippen LogP contribution is -2.62. The second kappa shape index (κ2) is 26.0. The zero-order valence-electron chi connectivity index (χ0n) is 38.7. The third-order valence-electron chi connectivity index (χ3n) is 11.2. The highest BCUT2D eigenvalue weighted by molar-refractivity contribution is 5.99. The molecule has 0 aromatic heterocycles. The maximum Gasteiger partial charge on any atom is 0.326 e. The Kier molecular flexibility index (Phi) is 21.9. The van der Waals surface area contributed by atoms with E-state index in [1.807, 2.05) is 0 Å². The number of benzene rings is 1. The molecule has 1 aromatic carbocycles. The Labute approximate surface area is 383 Å². The third kappa shape index (κ3) is 16.6. The highest BCUT2D eigenvalue weighted by atomic mass is 16.4. The Morgan fingerprint density at radius 3 is 1.73 bits per heavy atom. The maximum absolute atomic E-state index is 13.9.